The Bertz CT molecular complexity index is 684. The molecule has 4 heteroatoms. The molecule has 2 N–H and O–H groups in total. The Morgan fingerprint density at radius 3 is 2.70 bits per heavy atom. The first-order valence-electron chi connectivity index (χ1n) is 7.91. The van der Waals surface area contributed by atoms with Gasteiger partial charge in [-0.2, -0.15) is 0 Å². The average molecular weight is 311 g/mol. The van der Waals surface area contributed by atoms with Crippen LogP contribution in [-0.4, -0.2) is 17.6 Å². The van der Waals surface area contributed by atoms with Gasteiger partial charge in [0.2, 0.25) is 5.91 Å². The number of carbonyl (C=O) groups is 1. The van der Waals surface area contributed by atoms with Crippen molar-refractivity contribution in [3.8, 4) is 0 Å². The van der Waals surface area contributed by atoms with Gasteiger partial charge in [0.1, 0.15) is 0 Å². The highest BCUT2D eigenvalue weighted by Crippen LogP contribution is 2.29. The van der Waals surface area contributed by atoms with Crippen molar-refractivity contribution < 1.29 is 14.6 Å². The first kappa shape index (κ1) is 15.7. The minimum absolute atomic E-state index is 0.0227. The van der Waals surface area contributed by atoms with Gasteiger partial charge in [-0.15, -0.1) is 0 Å². The molecule has 2 aromatic carbocycles. The van der Waals surface area contributed by atoms with Crippen molar-refractivity contribution >= 4 is 5.91 Å². The van der Waals surface area contributed by atoms with E-state index < -0.39 is 0 Å². The Labute approximate surface area is 136 Å². The third-order valence-corrected chi connectivity index (χ3v) is 4.23. The summed E-state index contributed by atoms with van der Waals surface area (Å²) in [4.78, 5) is 12.2. The first-order chi connectivity index (χ1) is 11.3. The summed E-state index contributed by atoms with van der Waals surface area (Å²) >= 11 is 0. The lowest BCUT2D eigenvalue weighted by molar-refractivity contribution is -0.124. The van der Waals surface area contributed by atoms with E-state index >= 15 is 0 Å². The molecule has 3 rings (SSSR count). The molecule has 120 valence electrons. The highest BCUT2D eigenvalue weighted by atomic mass is 16.5. The average Bonchev–Trinajstić information content (AvgIpc) is 2.60. The van der Waals surface area contributed by atoms with E-state index in [1.807, 2.05) is 42.5 Å². The summed E-state index contributed by atoms with van der Waals surface area (Å²) < 4.78 is 5.77. The summed E-state index contributed by atoms with van der Waals surface area (Å²) in [5.41, 5.74) is 4.16. The van der Waals surface area contributed by atoms with Crippen LogP contribution in [0.25, 0.3) is 0 Å². The van der Waals surface area contributed by atoms with Crippen LogP contribution in [0.1, 0.15) is 34.8 Å². The van der Waals surface area contributed by atoms with Crippen LogP contribution >= 0.6 is 0 Å². The predicted octanol–water partition coefficient (Wildman–Crippen LogP) is 2.50. The van der Waals surface area contributed by atoms with E-state index in [0.717, 1.165) is 23.1 Å². The van der Waals surface area contributed by atoms with Crippen molar-refractivity contribution in [3.63, 3.8) is 0 Å². The lowest BCUT2D eigenvalue weighted by Gasteiger charge is -2.25. The third kappa shape index (κ3) is 3.78. The summed E-state index contributed by atoms with van der Waals surface area (Å²) in [6.45, 7) is 1.05. The maximum atomic E-state index is 12.2. The summed E-state index contributed by atoms with van der Waals surface area (Å²) in [7, 11) is 0. The van der Waals surface area contributed by atoms with Gasteiger partial charge in [0, 0.05) is 6.54 Å². The summed E-state index contributed by atoms with van der Waals surface area (Å²) in [5, 5.41) is 12.2. The molecule has 1 unspecified atom stereocenters. The lowest BCUT2D eigenvalue weighted by atomic mass is 9.95. The zero-order chi connectivity index (χ0) is 16.1. The Morgan fingerprint density at radius 2 is 1.87 bits per heavy atom. The van der Waals surface area contributed by atoms with Gasteiger partial charge >= 0.3 is 0 Å². The number of hydrogen-bond donors (Lipinski definition) is 2. The molecule has 1 heterocycles. The van der Waals surface area contributed by atoms with Crippen molar-refractivity contribution in [1.82, 2.24) is 5.32 Å². The van der Waals surface area contributed by atoms with Crippen LogP contribution in [0.5, 0.6) is 0 Å². The topological polar surface area (TPSA) is 58.6 Å². The molecule has 23 heavy (non-hydrogen) atoms. The number of ether oxygens (including phenoxy) is 1. The molecule has 1 aliphatic rings. The standard InChI is InChI=1S/C19H21NO3/c21-13-16-7-2-1-6-15(16)12-20-19(22)11-18-17-8-4-3-5-14(17)9-10-23-18/h1-8,18,21H,9-13H2,(H,20,22). The predicted molar refractivity (Wildman–Crippen MR) is 87.7 cm³/mol. The van der Waals surface area contributed by atoms with E-state index in [9.17, 15) is 9.90 Å². The van der Waals surface area contributed by atoms with Crippen molar-refractivity contribution in [2.75, 3.05) is 6.61 Å². The SMILES string of the molecule is O=C(CC1OCCc2ccccc21)NCc1ccccc1CO. The van der Waals surface area contributed by atoms with Crippen LogP contribution in [0.3, 0.4) is 0 Å². The maximum Gasteiger partial charge on any atom is 0.223 e. The lowest BCUT2D eigenvalue weighted by Crippen LogP contribution is -2.27. The van der Waals surface area contributed by atoms with Crippen molar-refractivity contribution in [1.29, 1.82) is 0 Å². The van der Waals surface area contributed by atoms with Gasteiger partial charge in [0.25, 0.3) is 0 Å². The Balaban J connectivity index is 1.60. The van der Waals surface area contributed by atoms with Gasteiger partial charge in [-0.25, -0.2) is 0 Å². The molecule has 0 spiro atoms. The van der Waals surface area contributed by atoms with Crippen molar-refractivity contribution in [3.05, 3.63) is 70.8 Å². The van der Waals surface area contributed by atoms with Gasteiger partial charge < -0.3 is 15.2 Å². The number of carbonyl (C=O) groups excluding carboxylic acids is 1. The third-order valence-electron chi connectivity index (χ3n) is 4.23. The van der Waals surface area contributed by atoms with E-state index in [-0.39, 0.29) is 18.6 Å². The van der Waals surface area contributed by atoms with Crippen LogP contribution in [0.15, 0.2) is 48.5 Å². The van der Waals surface area contributed by atoms with Gasteiger partial charge in [-0.1, -0.05) is 48.5 Å². The van der Waals surface area contributed by atoms with E-state index in [1.54, 1.807) is 0 Å². The highest BCUT2D eigenvalue weighted by Gasteiger charge is 2.22. The van der Waals surface area contributed by atoms with Gasteiger partial charge in [-0.05, 0) is 28.7 Å². The van der Waals surface area contributed by atoms with Crippen LogP contribution in [0.4, 0.5) is 0 Å². The molecule has 0 aromatic heterocycles. The fraction of sp³-hybridized carbons (Fsp3) is 0.316. The summed E-state index contributed by atoms with van der Waals surface area (Å²) in [6, 6.07) is 15.7. The minimum Gasteiger partial charge on any atom is -0.392 e. The largest absolute Gasteiger partial charge is 0.392 e. The number of nitrogens with one attached hydrogen (secondary N) is 1. The van der Waals surface area contributed by atoms with Crippen LogP contribution in [0, 0.1) is 0 Å². The molecule has 1 aliphatic heterocycles. The molecule has 0 aliphatic carbocycles. The highest BCUT2D eigenvalue weighted by molar-refractivity contribution is 5.76. The summed E-state index contributed by atoms with van der Waals surface area (Å²) in [6.07, 6.45) is 1.05. The quantitative estimate of drug-likeness (QED) is 0.892. The molecular formula is C19H21NO3. The molecule has 0 bridgehead atoms. The first-order valence-corrected chi connectivity index (χ1v) is 7.91. The van der Waals surface area contributed by atoms with E-state index in [4.69, 9.17) is 4.74 Å². The second-order valence-corrected chi connectivity index (χ2v) is 5.72. The van der Waals surface area contributed by atoms with Crippen LogP contribution in [0.2, 0.25) is 0 Å². The molecule has 2 aromatic rings. The number of rotatable bonds is 5. The van der Waals surface area contributed by atoms with E-state index in [2.05, 4.69) is 11.4 Å². The number of fused-ring (bicyclic) bond motifs is 1. The number of aliphatic hydroxyl groups excluding tert-OH is 1. The normalized spacial score (nSPS) is 16.7. The zero-order valence-electron chi connectivity index (χ0n) is 13.0. The zero-order valence-corrected chi connectivity index (χ0v) is 13.0. The van der Waals surface area contributed by atoms with Gasteiger partial charge in [0.15, 0.2) is 0 Å². The molecule has 0 saturated heterocycles. The smallest absolute Gasteiger partial charge is 0.223 e. The number of hydrogen-bond acceptors (Lipinski definition) is 3. The molecule has 0 fully saturated rings. The Morgan fingerprint density at radius 1 is 1.13 bits per heavy atom. The molecule has 1 amide bonds. The number of aliphatic hydroxyl groups is 1. The second kappa shape index (κ2) is 7.40. The monoisotopic (exact) mass is 311 g/mol. The van der Waals surface area contributed by atoms with Crippen LogP contribution in [-0.2, 0) is 29.1 Å². The van der Waals surface area contributed by atoms with Crippen LogP contribution < -0.4 is 5.32 Å². The maximum absolute atomic E-state index is 12.2. The fourth-order valence-corrected chi connectivity index (χ4v) is 2.96. The molecule has 0 radical (unpaired) electrons. The number of amides is 1. The van der Waals surface area contributed by atoms with Crippen molar-refractivity contribution in [2.24, 2.45) is 0 Å². The molecule has 4 nitrogen and oxygen atoms in total. The Kier molecular flexibility index (Phi) is 5.05. The molecular weight excluding hydrogens is 290 g/mol. The number of benzene rings is 2. The van der Waals surface area contributed by atoms with Gasteiger partial charge in [0.05, 0.1) is 25.7 Å². The second-order valence-electron chi connectivity index (χ2n) is 5.72. The molecule has 1 atom stereocenters. The van der Waals surface area contributed by atoms with E-state index in [0.29, 0.717) is 19.6 Å². The Hall–Kier alpha value is -2.17. The minimum atomic E-state index is -0.173. The fourth-order valence-electron chi connectivity index (χ4n) is 2.96. The van der Waals surface area contributed by atoms with E-state index in [1.165, 1.54) is 5.56 Å². The van der Waals surface area contributed by atoms with Crippen molar-refractivity contribution in [2.45, 2.75) is 32.1 Å². The summed E-state index contributed by atoms with van der Waals surface area (Å²) in [5.74, 6) is -0.0422. The molecule has 0 saturated carbocycles. The van der Waals surface area contributed by atoms with Gasteiger partial charge in [-0.3, -0.25) is 4.79 Å².